The van der Waals surface area contributed by atoms with E-state index in [0.29, 0.717) is 5.96 Å². The van der Waals surface area contributed by atoms with Gasteiger partial charge in [-0.05, 0) is 56.2 Å². The first-order chi connectivity index (χ1) is 11.7. The zero-order valence-corrected chi connectivity index (χ0v) is 14.4. The fourth-order valence-electron chi connectivity index (χ4n) is 2.91. The first-order valence-corrected chi connectivity index (χ1v) is 8.87. The Bertz CT molecular complexity index is 670. The summed E-state index contributed by atoms with van der Waals surface area (Å²) in [4.78, 5) is 4.42. The number of aryl methyl sites for hydroxylation is 2. The minimum Gasteiger partial charge on any atom is -0.370 e. The number of hydrogen-bond donors (Lipinski definition) is 2. The highest BCUT2D eigenvalue weighted by atomic mass is 15.3. The van der Waals surface area contributed by atoms with Crippen LogP contribution >= 0.6 is 0 Å². The van der Waals surface area contributed by atoms with Crippen LogP contribution in [0.4, 0.5) is 0 Å². The van der Waals surface area contributed by atoms with E-state index in [9.17, 15) is 0 Å². The first-order valence-electron chi connectivity index (χ1n) is 8.87. The van der Waals surface area contributed by atoms with Crippen LogP contribution in [0, 0.1) is 12.8 Å². The van der Waals surface area contributed by atoms with Crippen LogP contribution in [-0.2, 0) is 6.42 Å². The van der Waals surface area contributed by atoms with E-state index in [0.717, 1.165) is 43.2 Å². The molecule has 0 atom stereocenters. The summed E-state index contributed by atoms with van der Waals surface area (Å²) >= 11 is 0. The summed E-state index contributed by atoms with van der Waals surface area (Å²) in [6.07, 6.45) is 8.09. The topological polar surface area (TPSA) is 68.2 Å². The third kappa shape index (κ3) is 4.37. The molecular weight excluding hydrogens is 298 g/mol. The van der Waals surface area contributed by atoms with Crippen LogP contribution in [-0.4, -0.2) is 28.8 Å². The van der Waals surface area contributed by atoms with E-state index >= 15 is 0 Å². The average Bonchev–Trinajstić information content (AvgIpc) is 2.92. The zero-order valence-electron chi connectivity index (χ0n) is 14.4. The van der Waals surface area contributed by atoms with Crippen molar-refractivity contribution in [3.8, 4) is 5.69 Å². The Kier molecular flexibility index (Phi) is 5.51. The Hall–Kier alpha value is -2.30. The number of aliphatic imine (C=N–C) groups is 1. The third-order valence-electron chi connectivity index (χ3n) is 4.69. The zero-order chi connectivity index (χ0) is 16.8. The molecule has 1 aromatic carbocycles. The predicted octanol–water partition coefficient (Wildman–Crippen LogP) is 2.82. The number of guanidine groups is 1. The van der Waals surface area contributed by atoms with Gasteiger partial charge in [-0.15, -0.1) is 0 Å². The van der Waals surface area contributed by atoms with Crippen molar-refractivity contribution >= 4 is 5.96 Å². The molecule has 0 radical (unpaired) electrons. The second-order valence-electron chi connectivity index (χ2n) is 6.57. The van der Waals surface area contributed by atoms with E-state index < -0.39 is 0 Å². The summed E-state index contributed by atoms with van der Waals surface area (Å²) in [7, 11) is 0. The molecule has 3 N–H and O–H groups in total. The van der Waals surface area contributed by atoms with E-state index in [1.165, 1.54) is 24.8 Å². The number of nitrogens with one attached hydrogen (secondary N) is 1. The van der Waals surface area contributed by atoms with Gasteiger partial charge in [0.25, 0.3) is 0 Å². The van der Waals surface area contributed by atoms with Crippen LogP contribution in [0.25, 0.3) is 5.69 Å². The van der Waals surface area contributed by atoms with E-state index in [-0.39, 0.29) is 0 Å². The number of rotatable bonds is 7. The fourth-order valence-corrected chi connectivity index (χ4v) is 2.91. The highest BCUT2D eigenvalue weighted by Crippen LogP contribution is 2.26. The summed E-state index contributed by atoms with van der Waals surface area (Å²) in [6, 6.07) is 10.2. The lowest BCUT2D eigenvalue weighted by atomic mass is 9.86. The normalized spacial score (nSPS) is 15.3. The molecule has 1 fully saturated rings. The predicted molar refractivity (Wildman–Crippen MR) is 98.5 cm³/mol. The Labute approximate surface area is 144 Å². The number of nitrogens with two attached hydrogens (primary N) is 1. The maximum atomic E-state index is 5.91. The minimum atomic E-state index is 0.582. The van der Waals surface area contributed by atoms with Crippen LogP contribution in [0.5, 0.6) is 0 Å². The summed E-state index contributed by atoms with van der Waals surface area (Å²) < 4.78 is 1.95. The quantitative estimate of drug-likeness (QED) is 0.467. The molecule has 1 aromatic heterocycles. The van der Waals surface area contributed by atoms with E-state index in [2.05, 4.69) is 40.7 Å². The minimum absolute atomic E-state index is 0.582. The Morgan fingerprint density at radius 2 is 2.12 bits per heavy atom. The van der Waals surface area contributed by atoms with Crippen molar-refractivity contribution in [1.82, 2.24) is 15.1 Å². The van der Waals surface area contributed by atoms with Gasteiger partial charge in [-0.1, -0.05) is 24.6 Å². The fraction of sp³-hybridized carbons (Fsp3) is 0.474. The summed E-state index contributed by atoms with van der Waals surface area (Å²) in [5.41, 5.74) is 9.38. The highest BCUT2D eigenvalue weighted by Gasteiger charge is 2.16. The summed E-state index contributed by atoms with van der Waals surface area (Å²) in [6.45, 7) is 3.79. The number of para-hydroxylation sites is 1. The molecule has 0 aliphatic heterocycles. The van der Waals surface area contributed by atoms with Crippen molar-refractivity contribution in [1.29, 1.82) is 0 Å². The van der Waals surface area contributed by atoms with Gasteiger partial charge >= 0.3 is 0 Å². The lowest BCUT2D eigenvalue weighted by Crippen LogP contribution is -2.33. The summed E-state index contributed by atoms with van der Waals surface area (Å²) in [5.74, 6) is 1.34. The van der Waals surface area contributed by atoms with Gasteiger partial charge in [-0.25, -0.2) is 4.68 Å². The van der Waals surface area contributed by atoms with E-state index in [1.54, 1.807) is 0 Å². The van der Waals surface area contributed by atoms with Gasteiger partial charge in [0, 0.05) is 19.3 Å². The lowest BCUT2D eigenvalue weighted by Gasteiger charge is -2.23. The van der Waals surface area contributed by atoms with Crippen molar-refractivity contribution in [2.24, 2.45) is 16.6 Å². The van der Waals surface area contributed by atoms with Crippen molar-refractivity contribution in [2.45, 2.75) is 39.0 Å². The Balaban J connectivity index is 1.44. The van der Waals surface area contributed by atoms with Crippen LogP contribution in [0.1, 0.15) is 36.9 Å². The van der Waals surface area contributed by atoms with Crippen molar-refractivity contribution in [3.63, 3.8) is 0 Å². The van der Waals surface area contributed by atoms with Crippen LogP contribution < -0.4 is 11.1 Å². The average molecular weight is 325 g/mol. The van der Waals surface area contributed by atoms with E-state index in [4.69, 9.17) is 5.73 Å². The SMILES string of the molecule is Cc1nn(-c2ccccc2)cc1CCCNC(N)=NCC1CCC1. The summed E-state index contributed by atoms with van der Waals surface area (Å²) in [5, 5.41) is 7.82. The van der Waals surface area contributed by atoms with Gasteiger partial charge in [0.1, 0.15) is 0 Å². The molecule has 1 aliphatic carbocycles. The Morgan fingerprint density at radius 3 is 2.83 bits per heavy atom. The molecule has 5 heteroatoms. The molecule has 24 heavy (non-hydrogen) atoms. The lowest BCUT2D eigenvalue weighted by molar-refractivity contribution is 0.326. The third-order valence-corrected chi connectivity index (χ3v) is 4.69. The molecule has 2 aromatic rings. The van der Waals surface area contributed by atoms with Gasteiger partial charge in [0.05, 0.1) is 11.4 Å². The van der Waals surface area contributed by atoms with Gasteiger partial charge in [-0.3, -0.25) is 4.99 Å². The highest BCUT2D eigenvalue weighted by molar-refractivity contribution is 5.77. The molecule has 3 rings (SSSR count). The largest absolute Gasteiger partial charge is 0.370 e. The molecular formula is C19H27N5. The van der Waals surface area contributed by atoms with Gasteiger partial charge in [0.15, 0.2) is 5.96 Å². The van der Waals surface area contributed by atoms with Crippen molar-refractivity contribution in [3.05, 3.63) is 47.8 Å². The second kappa shape index (κ2) is 7.99. The molecule has 5 nitrogen and oxygen atoms in total. The van der Waals surface area contributed by atoms with Gasteiger partial charge in [-0.2, -0.15) is 5.10 Å². The molecule has 0 unspecified atom stereocenters. The van der Waals surface area contributed by atoms with E-state index in [1.807, 2.05) is 22.9 Å². The maximum absolute atomic E-state index is 5.91. The molecule has 0 saturated heterocycles. The van der Waals surface area contributed by atoms with Crippen molar-refractivity contribution in [2.75, 3.05) is 13.1 Å². The standard InChI is InChI=1S/C19H27N5/c1-15-17(14-24(23-15)18-10-3-2-4-11-18)9-6-12-21-19(20)22-13-16-7-5-8-16/h2-4,10-11,14,16H,5-9,12-13H2,1H3,(H3,20,21,22). The number of benzene rings is 1. The molecule has 0 bridgehead atoms. The monoisotopic (exact) mass is 325 g/mol. The molecule has 0 amide bonds. The van der Waals surface area contributed by atoms with Gasteiger partial charge < -0.3 is 11.1 Å². The second-order valence-corrected chi connectivity index (χ2v) is 6.57. The maximum Gasteiger partial charge on any atom is 0.188 e. The van der Waals surface area contributed by atoms with Gasteiger partial charge in [0.2, 0.25) is 0 Å². The van der Waals surface area contributed by atoms with Crippen LogP contribution in [0.3, 0.4) is 0 Å². The van der Waals surface area contributed by atoms with Crippen LogP contribution in [0.2, 0.25) is 0 Å². The van der Waals surface area contributed by atoms with Crippen molar-refractivity contribution < 1.29 is 0 Å². The number of nitrogens with zero attached hydrogens (tertiary/aromatic N) is 3. The number of hydrogen-bond acceptors (Lipinski definition) is 2. The molecule has 0 spiro atoms. The molecule has 1 aliphatic rings. The van der Waals surface area contributed by atoms with Crippen LogP contribution in [0.15, 0.2) is 41.5 Å². The first kappa shape index (κ1) is 16.6. The Morgan fingerprint density at radius 1 is 1.33 bits per heavy atom. The molecule has 128 valence electrons. The molecule has 1 heterocycles. The number of aromatic nitrogens is 2. The smallest absolute Gasteiger partial charge is 0.188 e. The molecule has 1 saturated carbocycles.